The number of carbonyl (C=O) groups is 2. The summed E-state index contributed by atoms with van der Waals surface area (Å²) < 4.78 is 5.23. The zero-order chi connectivity index (χ0) is 25.7. The van der Waals surface area contributed by atoms with E-state index < -0.39 is 6.09 Å². The molecule has 2 aromatic rings. The van der Waals surface area contributed by atoms with Gasteiger partial charge in [-0.2, -0.15) is 4.98 Å². The Morgan fingerprint density at radius 3 is 2.61 bits per heavy atom. The van der Waals surface area contributed by atoms with Crippen LogP contribution in [0.5, 0.6) is 0 Å². The van der Waals surface area contributed by atoms with Crippen LogP contribution in [-0.2, 0) is 16.1 Å². The van der Waals surface area contributed by atoms with E-state index in [4.69, 9.17) is 4.74 Å². The maximum Gasteiger partial charge on any atom is 0.416 e. The molecular formula is C25H32N8O3. The molecule has 2 aromatic heterocycles. The molecule has 4 heterocycles. The minimum absolute atomic E-state index is 0.0284. The first-order valence-corrected chi connectivity index (χ1v) is 12.0. The fourth-order valence-electron chi connectivity index (χ4n) is 4.16. The molecule has 2 fully saturated rings. The second kappa shape index (κ2) is 11.3. The number of nitrogens with zero attached hydrogens (tertiary/aromatic N) is 7. The summed E-state index contributed by atoms with van der Waals surface area (Å²) in [6.45, 7) is 13.3. The van der Waals surface area contributed by atoms with Crippen LogP contribution in [0.1, 0.15) is 38.2 Å². The maximum atomic E-state index is 12.3. The maximum absolute atomic E-state index is 12.3. The third-order valence-electron chi connectivity index (χ3n) is 6.11. The Balaban J connectivity index is 1.36. The standard InChI is InChI=1S/C25H32N8O3/c1-5-23(34)32-10-8-31(9-11-32)15-21-27-13-19(14-28-21)18(4)29-24-26-7-6-22(30-24)33-20(12-17(2)3)16-36-25(33)35/h5-7,12-14,18,20H,1,8-11,15-16H2,2-4H3,(H,26,29,30)/t18?,20-/m0/s1. The highest BCUT2D eigenvalue weighted by Crippen LogP contribution is 2.24. The highest BCUT2D eigenvalue weighted by Gasteiger charge is 2.34. The zero-order valence-electron chi connectivity index (χ0n) is 20.9. The molecule has 11 heteroatoms. The Kier molecular flexibility index (Phi) is 7.89. The lowest BCUT2D eigenvalue weighted by Gasteiger charge is -2.33. The Hall–Kier alpha value is -3.86. The summed E-state index contributed by atoms with van der Waals surface area (Å²) in [7, 11) is 0. The fraction of sp³-hybridized carbons (Fsp3) is 0.440. The SMILES string of the molecule is C=CC(=O)N1CCN(Cc2ncc(C(C)Nc3nccc(N4C(=O)OC[C@@H]4C=C(C)C)n3)cn2)CC1. The van der Waals surface area contributed by atoms with Crippen LogP contribution in [0, 0.1) is 0 Å². The molecule has 2 aliphatic rings. The van der Waals surface area contributed by atoms with E-state index in [9.17, 15) is 9.59 Å². The second-order valence-corrected chi connectivity index (χ2v) is 9.10. The average Bonchev–Trinajstić information content (AvgIpc) is 3.23. The minimum atomic E-state index is -0.423. The fourth-order valence-corrected chi connectivity index (χ4v) is 4.16. The van der Waals surface area contributed by atoms with Gasteiger partial charge in [-0.3, -0.25) is 14.6 Å². The third kappa shape index (κ3) is 6.03. The lowest BCUT2D eigenvalue weighted by atomic mass is 10.2. The number of amides is 2. The number of piperazine rings is 1. The van der Waals surface area contributed by atoms with Crippen LogP contribution in [0.25, 0.3) is 0 Å². The van der Waals surface area contributed by atoms with Gasteiger partial charge < -0.3 is 15.0 Å². The summed E-state index contributed by atoms with van der Waals surface area (Å²) in [5.74, 6) is 1.57. The normalized spacial score (nSPS) is 19.0. The quantitative estimate of drug-likeness (QED) is 0.438. The van der Waals surface area contributed by atoms with Gasteiger partial charge in [0.15, 0.2) is 0 Å². The van der Waals surface area contributed by atoms with Gasteiger partial charge in [-0.05, 0) is 32.9 Å². The highest BCUT2D eigenvalue weighted by atomic mass is 16.6. The van der Waals surface area contributed by atoms with Gasteiger partial charge >= 0.3 is 6.09 Å². The number of hydrogen-bond acceptors (Lipinski definition) is 9. The molecule has 2 saturated heterocycles. The van der Waals surface area contributed by atoms with Gasteiger partial charge in [0.2, 0.25) is 11.9 Å². The minimum Gasteiger partial charge on any atom is -0.447 e. The first-order chi connectivity index (χ1) is 17.3. The van der Waals surface area contributed by atoms with Crippen molar-refractivity contribution in [2.24, 2.45) is 0 Å². The molecule has 0 aliphatic carbocycles. The topological polar surface area (TPSA) is 117 Å². The summed E-state index contributed by atoms with van der Waals surface area (Å²) in [5.41, 5.74) is 1.98. The zero-order valence-corrected chi connectivity index (χ0v) is 20.9. The van der Waals surface area contributed by atoms with Gasteiger partial charge in [-0.15, -0.1) is 0 Å². The first kappa shape index (κ1) is 25.2. The Bertz CT molecular complexity index is 1120. The molecule has 0 aromatic carbocycles. The molecule has 2 amide bonds. The van der Waals surface area contributed by atoms with Crippen molar-refractivity contribution in [3.63, 3.8) is 0 Å². The van der Waals surface area contributed by atoms with E-state index in [1.54, 1.807) is 29.6 Å². The van der Waals surface area contributed by atoms with Gasteiger partial charge in [0.25, 0.3) is 0 Å². The summed E-state index contributed by atoms with van der Waals surface area (Å²) in [5, 5.41) is 3.26. The molecule has 2 aliphatic heterocycles. The Morgan fingerprint density at radius 2 is 1.94 bits per heavy atom. The van der Waals surface area contributed by atoms with Crippen LogP contribution >= 0.6 is 0 Å². The van der Waals surface area contributed by atoms with Crippen LogP contribution in [0.15, 0.2) is 49.0 Å². The van der Waals surface area contributed by atoms with Crippen LogP contribution in [0.3, 0.4) is 0 Å². The molecule has 1 N–H and O–H groups in total. The number of rotatable bonds is 8. The molecule has 2 atom stereocenters. The smallest absolute Gasteiger partial charge is 0.416 e. The molecule has 11 nitrogen and oxygen atoms in total. The molecule has 0 bridgehead atoms. The lowest BCUT2D eigenvalue weighted by molar-refractivity contribution is -0.127. The number of ether oxygens (including phenoxy) is 1. The van der Waals surface area contributed by atoms with Crippen molar-refractivity contribution < 1.29 is 14.3 Å². The van der Waals surface area contributed by atoms with Crippen molar-refractivity contribution in [2.75, 3.05) is 43.0 Å². The number of hydrogen-bond donors (Lipinski definition) is 1. The number of anilines is 2. The number of nitrogens with one attached hydrogen (secondary N) is 1. The van der Waals surface area contributed by atoms with Crippen molar-refractivity contribution in [3.8, 4) is 0 Å². The van der Waals surface area contributed by atoms with Crippen molar-refractivity contribution in [3.05, 3.63) is 60.3 Å². The van der Waals surface area contributed by atoms with E-state index >= 15 is 0 Å². The van der Waals surface area contributed by atoms with Crippen molar-refractivity contribution in [2.45, 2.75) is 39.4 Å². The molecule has 0 spiro atoms. The lowest BCUT2D eigenvalue weighted by Crippen LogP contribution is -2.47. The van der Waals surface area contributed by atoms with Gasteiger partial charge in [-0.1, -0.05) is 18.2 Å². The number of allylic oxidation sites excluding steroid dienone is 1. The molecule has 36 heavy (non-hydrogen) atoms. The van der Waals surface area contributed by atoms with Crippen LogP contribution in [-0.4, -0.2) is 80.6 Å². The second-order valence-electron chi connectivity index (χ2n) is 9.10. The summed E-state index contributed by atoms with van der Waals surface area (Å²) in [6, 6.07) is 1.34. The van der Waals surface area contributed by atoms with E-state index in [1.165, 1.54) is 11.0 Å². The van der Waals surface area contributed by atoms with E-state index in [-0.39, 0.29) is 18.0 Å². The largest absolute Gasteiger partial charge is 0.447 e. The molecule has 190 valence electrons. The van der Waals surface area contributed by atoms with Gasteiger partial charge in [0.05, 0.1) is 18.6 Å². The summed E-state index contributed by atoms with van der Waals surface area (Å²) in [4.78, 5) is 47.5. The third-order valence-corrected chi connectivity index (χ3v) is 6.11. The van der Waals surface area contributed by atoms with Crippen molar-refractivity contribution >= 4 is 23.8 Å². The average molecular weight is 493 g/mol. The van der Waals surface area contributed by atoms with Crippen molar-refractivity contribution in [1.82, 2.24) is 29.7 Å². The Labute approximate surface area is 210 Å². The predicted molar refractivity (Wildman–Crippen MR) is 135 cm³/mol. The van der Waals surface area contributed by atoms with Gasteiger partial charge in [0.1, 0.15) is 18.2 Å². The van der Waals surface area contributed by atoms with E-state index in [0.717, 1.165) is 30.1 Å². The van der Waals surface area contributed by atoms with Crippen LogP contribution in [0.2, 0.25) is 0 Å². The van der Waals surface area contributed by atoms with Crippen molar-refractivity contribution in [1.29, 1.82) is 0 Å². The van der Waals surface area contributed by atoms with Gasteiger partial charge in [0, 0.05) is 50.3 Å². The Morgan fingerprint density at radius 1 is 1.22 bits per heavy atom. The number of aromatic nitrogens is 4. The molecule has 0 radical (unpaired) electrons. The van der Waals surface area contributed by atoms with E-state index in [0.29, 0.717) is 38.0 Å². The molecule has 1 unspecified atom stereocenters. The van der Waals surface area contributed by atoms with Crippen LogP contribution < -0.4 is 10.2 Å². The first-order valence-electron chi connectivity index (χ1n) is 12.0. The monoisotopic (exact) mass is 492 g/mol. The molecule has 0 saturated carbocycles. The number of cyclic esters (lactones) is 1. The van der Waals surface area contributed by atoms with Crippen LogP contribution in [0.4, 0.5) is 16.6 Å². The molecular weight excluding hydrogens is 460 g/mol. The highest BCUT2D eigenvalue weighted by molar-refractivity contribution is 5.89. The number of carbonyl (C=O) groups excluding carboxylic acids is 2. The summed E-state index contributed by atoms with van der Waals surface area (Å²) >= 11 is 0. The van der Waals surface area contributed by atoms with E-state index in [2.05, 4.69) is 36.7 Å². The predicted octanol–water partition coefficient (Wildman–Crippen LogP) is 2.56. The van der Waals surface area contributed by atoms with E-state index in [1.807, 2.05) is 26.8 Å². The molecule has 4 rings (SSSR count). The van der Waals surface area contributed by atoms with Gasteiger partial charge in [-0.25, -0.2) is 19.7 Å². The summed E-state index contributed by atoms with van der Waals surface area (Å²) in [6.07, 6.45) is 8.13.